The van der Waals surface area contributed by atoms with Crippen LogP contribution in [0.25, 0.3) is 0 Å². The van der Waals surface area contributed by atoms with Crippen LogP contribution < -0.4 is 5.32 Å². The number of anilines is 1. The van der Waals surface area contributed by atoms with Crippen LogP contribution in [-0.4, -0.2) is 41.6 Å². The summed E-state index contributed by atoms with van der Waals surface area (Å²) >= 11 is 0. The fourth-order valence-corrected chi connectivity index (χ4v) is 1.18. The average Bonchev–Trinajstić information content (AvgIpc) is 2.34. The lowest BCUT2D eigenvalue weighted by atomic mass is 10.3. The first kappa shape index (κ1) is 13.0. The van der Waals surface area contributed by atoms with Gasteiger partial charge in [-0.3, -0.25) is 4.79 Å². The van der Waals surface area contributed by atoms with Crippen LogP contribution in [0, 0.1) is 12.3 Å². The Balaban J connectivity index is 2.51. The Labute approximate surface area is 101 Å². The van der Waals surface area contributed by atoms with Crippen molar-refractivity contribution in [2.45, 2.75) is 12.8 Å². The maximum absolute atomic E-state index is 11.5. The summed E-state index contributed by atoms with van der Waals surface area (Å²) in [6, 6.07) is 3.39. The molecule has 5 nitrogen and oxygen atoms in total. The van der Waals surface area contributed by atoms with E-state index in [0.29, 0.717) is 11.5 Å². The summed E-state index contributed by atoms with van der Waals surface area (Å²) in [4.78, 5) is 13.0. The second kappa shape index (κ2) is 6.48. The normalized spacial score (nSPS) is 9.47. The molecule has 0 aliphatic heterocycles. The molecule has 90 valence electrons. The third-order valence-electron chi connectivity index (χ3n) is 2.09. The van der Waals surface area contributed by atoms with E-state index < -0.39 is 0 Å². The summed E-state index contributed by atoms with van der Waals surface area (Å²) in [5.74, 6) is 3.06. The summed E-state index contributed by atoms with van der Waals surface area (Å²) in [5.41, 5.74) is 0.337. The molecule has 0 aliphatic carbocycles. The number of amides is 1. The molecule has 1 aromatic heterocycles. The van der Waals surface area contributed by atoms with Gasteiger partial charge in [-0.2, -0.15) is 0 Å². The Morgan fingerprint density at radius 2 is 2.24 bits per heavy atom. The molecular formula is C12H16N4O. The Kier molecular flexibility index (Phi) is 4.95. The van der Waals surface area contributed by atoms with E-state index in [9.17, 15) is 4.79 Å². The first-order chi connectivity index (χ1) is 8.15. The number of carbonyl (C=O) groups excluding carboxylic acids is 1. The summed E-state index contributed by atoms with van der Waals surface area (Å²) < 4.78 is 0. The topological polar surface area (TPSA) is 58.1 Å². The maximum Gasteiger partial charge on any atom is 0.273 e. The third kappa shape index (κ3) is 4.11. The van der Waals surface area contributed by atoms with Crippen molar-refractivity contribution in [1.82, 2.24) is 15.1 Å². The Morgan fingerprint density at radius 1 is 1.47 bits per heavy atom. The van der Waals surface area contributed by atoms with Crippen LogP contribution in [0.2, 0.25) is 0 Å². The van der Waals surface area contributed by atoms with Gasteiger partial charge in [0.1, 0.15) is 5.82 Å². The van der Waals surface area contributed by atoms with Crippen molar-refractivity contribution in [3.63, 3.8) is 0 Å². The number of unbranched alkanes of at least 4 members (excludes halogenated alkanes) is 1. The summed E-state index contributed by atoms with van der Waals surface area (Å²) in [6.07, 6.45) is 6.76. The number of nitrogens with zero attached hydrogens (tertiary/aromatic N) is 3. The molecule has 1 N–H and O–H groups in total. The molecule has 1 rings (SSSR count). The number of carbonyl (C=O) groups is 1. The third-order valence-corrected chi connectivity index (χ3v) is 2.09. The summed E-state index contributed by atoms with van der Waals surface area (Å²) in [5, 5.41) is 10.9. The van der Waals surface area contributed by atoms with Crippen molar-refractivity contribution in [2.75, 3.05) is 26.0 Å². The molecule has 1 aromatic rings. The van der Waals surface area contributed by atoms with Crippen molar-refractivity contribution in [2.24, 2.45) is 0 Å². The number of nitrogens with one attached hydrogen (secondary N) is 1. The molecule has 0 atom stereocenters. The fourth-order valence-electron chi connectivity index (χ4n) is 1.18. The molecule has 0 unspecified atom stereocenters. The number of aromatic nitrogens is 2. The van der Waals surface area contributed by atoms with E-state index in [1.807, 2.05) is 0 Å². The van der Waals surface area contributed by atoms with Crippen LogP contribution in [-0.2, 0) is 0 Å². The number of rotatable bonds is 5. The molecule has 0 aromatic carbocycles. The minimum absolute atomic E-state index is 0.156. The molecule has 0 spiro atoms. The largest absolute Gasteiger partial charge is 0.369 e. The first-order valence-electron chi connectivity index (χ1n) is 5.38. The van der Waals surface area contributed by atoms with Crippen molar-refractivity contribution in [3.05, 3.63) is 17.8 Å². The van der Waals surface area contributed by atoms with Crippen LogP contribution in [0.3, 0.4) is 0 Å². The van der Waals surface area contributed by atoms with Crippen LogP contribution >= 0.6 is 0 Å². The predicted molar refractivity (Wildman–Crippen MR) is 66.6 cm³/mol. The Morgan fingerprint density at radius 3 is 2.76 bits per heavy atom. The van der Waals surface area contributed by atoms with E-state index in [1.54, 1.807) is 26.2 Å². The van der Waals surface area contributed by atoms with E-state index in [0.717, 1.165) is 19.4 Å². The summed E-state index contributed by atoms with van der Waals surface area (Å²) in [7, 11) is 3.35. The molecular weight excluding hydrogens is 216 g/mol. The zero-order valence-electron chi connectivity index (χ0n) is 10.1. The zero-order chi connectivity index (χ0) is 12.7. The Bertz CT molecular complexity index is 406. The van der Waals surface area contributed by atoms with Crippen molar-refractivity contribution in [1.29, 1.82) is 0 Å². The molecule has 0 bridgehead atoms. The van der Waals surface area contributed by atoms with Gasteiger partial charge in [0.25, 0.3) is 5.91 Å². The monoisotopic (exact) mass is 232 g/mol. The van der Waals surface area contributed by atoms with Crippen LogP contribution in [0.5, 0.6) is 0 Å². The van der Waals surface area contributed by atoms with E-state index in [-0.39, 0.29) is 5.91 Å². The van der Waals surface area contributed by atoms with Crippen LogP contribution in [0.4, 0.5) is 5.82 Å². The lowest BCUT2D eigenvalue weighted by Crippen LogP contribution is -2.23. The van der Waals surface area contributed by atoms with Gasteiger partial charge in [0.05, 0.1) is 0 Å². The SMILES string of the molecule is C#CCCCNc1ccc(C(=O)N(C)C)nn1. The van der Waals surface area contributed by atoms with Gasteiger partial charge in [-0.25, -0.2) is 0 Å². The lowest BCUT2D eigenvalue weighted by Gasteiger charge is -2.09. The second-order valence-corrected chi connectivity index (χ2v) is 3.74. The quantitative estimate of drug-likeness (QED) is 0.608. The van der Waals surface area contributed by atoms with Gasteiger partial charge >= 0.3 is 0 Å². The van der Waals surface area contributed by atoms with Gasteiger partial charge in [0.2, 0.25) is 0 Å². The highest BCUT2D eigenvalue weighted by Crippen LogP contribution is 2.03. The highest BCUT2D eigenvalue weighted by molar-refractivity contribution is 5.91. The minimum Gasteiger partial charge on any atom is -0.369 e. The van der Waals surface area contributed by atoms with Gasteiger partial charge in [-0.15, -0.1) is 22.5 Å². The van der Waals surface area contributed by atoms with Crippen molar-refractivity contribution in [3.8, 4) is 12.3 Å². The van der Waals surface area contributed by atoms with Crippen LogP contribution in [0.1, 0.15) is 23.3 Å². The number of hydrogen-bond acceptors (Lipinski definition) is 4. The predicted octanol–water partition coefficient (Wildman–Crippen LogP) is 1.00. The summed E-state index contributed by atoms with van der Waals surface area (Å²) in [6.45, 7) is 0.750. The molecule has 1 heterocycles. The molecule has 5 heteroatoms. The van der Waals surface area contributed by atoms with Gasteiger partial charge in [-0.1, -0.05) is 0 Å². The van der Waals surface area contributed by atoms with Gasteiger partial charge in [0.15, 0.2) is 5.69 Å². The molecule has 0 aliphatic rings. The van der Waals surface area contributed by atoms with E-state index in [4.69, 9.17) is 6.42 Å². The van der Waals surface area contributed by atoms with Gasteiger partial charge < -0.3 is 10.2 Å². The van der Waals surface area contributed by atoms with E-state index in [2.05, 4.69) is 21.4 Å². The smallest absolute Gasteiger partial charge is 0.273 e. The van der Waals surface area contributed by atoms with Gasteiger partial charge in [0, 0.05) is 27.1 Å². The lowest BCUT2D eigenvalue weighted by molar-refractivity contribution is 0.0821. The minimum atomic E-state index is -0.156. The zero-order valence-corrected chi connectivity index (χ0v) is 10.1. The molecule has 1 amide bonds. The number of terminal acetylenes is 1. The Hall–Kier alpha value is -2.09. The molecule has 0 fully saturated rings. The second-order valence-electron chi connectivity index (χ2n) is 3.74. The first-order valence-corrected chi connectivity index (χ1v) is 5.38. The highest BCUT2D eigenvalue weighted by Gasteiger charge is 2.09. The number of hydrogen-bond donors (Lipinski definition) is 1. The van der Waals surface area contributed by atoms with Crippen LogP contribution in [0.15, 0.2) is 12.1 Å². The van der Waals surface area contributed by atoms with E-state index >= 15 is 0 Å². The maximum atomic E-state index is 11.5. The standard InChI is InChI=1S/C12H16N4O/c1-4-5-6-9-13-11-8-7-10(14-15-11)12(17)16(2)3/h1,7-8H,5-6,9H2,2-3H3,(H,13,15). The molecule has 0 saturated heterocycles. The van der Waals surface area contributed by atoms with Crippen molar-refractivity contribution < 1.29 is 4.79 Å². The highest BCUT2D eigenvalue weighted by atomic mass is 16.2. The average molecular weight is 232 g/mol. The van der Waals surface area contributed by atoms with E-state index in [1.165, 1.54) is 4.90 Å². The molecule has 0 saturated carbocycles. The molecule has 0 radical (unpaired) electrons. The fraction of sp³-hybridized carbons (Fsp3) is 0.417. The molecule has 17 heavy (non-hydrogen) atoms. The van der Waals surface area contributed by atoms with Gasteiger partial charge in [-0.05, 0) is 18.6 Å². The van der Waals surface area contributed by atoms with Crippen molar-refractivity contribution >= 4 is 11.7 Å².